The first-order valence-corrected chi connectivity index (χ1v) is 5.52. The molecule has 17 heavy (non-hydrogen) atoms. The topological polar surface area (TPSA) is 34.9 Å². The van der Waals surface area contributed by atoms with Gasteiger partial charge in [-0.1, -0.05) is 17.7 Å². The summed E-state index contributed by atoms with van der Waals surface area (Å²) < 4.78 is 14.9. The van der Waals surface area contributed by atoms with Gasteiger partial charge in [-0.05, 0) is 19.1 Å². The number of hydrogen-bond acceptors (Lipinski definition) is 2. The third-order valence-corrected chi connectivity index (χ3v) is 2.84. The van der Waals surface area contributed by atoms with E-state index in [2.05, 4.69) is 4.98 Å². The van der Waals surface area contributed by atoms with Crippen molar-refractivity contribution >= 4 is 17.4 Å². The van der Waals surface area contributed by atoms with Crippen LogP contribution in [0.15, 0.2) is 30.6 Å². The standard InChI is InChI=1S/C12H10ClFN2O/c1-2-16-7-6-15-12(16)11(17)8-4-3-5-9(14)10(8)13/h3-7H,2H2,1H3. The predicted molar refractivity (Wildman–Crippen MR) is 62.7 cm³/mol. The van der Waals surface area contributed by atoms with Crippen molar-refractivity contribution in [3.8, 4) is 0 Å². The van der Waals surface area contributed by atoms with Crippen LogP contribution in [0.5, 0.6) is 0 Å². The van der Waals surface area contributed by atoms with Crippen LogP contribution in [0.25, 0.3) is 0 Å². The maximum Gasteiger partial charge on any atom is 0.230 e. The van der Waals surface area contributed by atoms with Gasteiger partial charge in [0.2, 0.25) is 5.78 Å². The molecule has 0 aliphatic carbocycles. The van der Waals surface area contributed by atoms with Crippen LogP contribution in [0.1, 0.15) is 23.1 Å². The quantitative estimate of drug-likeness (QED) is 0.788. The number of aromatic nitrogens is 2. The summed E-state index contributed by atoms with van der Waals surface area (Å²) in [5.74, 6) is -0.714. The zero-order valence-corrected chi connectivity index (χ0v) is 9.91. The summed E-state index contributed by atoms with van der Waals surface area (Å²) in [6.07, 6.45) is 3.23. The molecule has 3 nitrogen and oxygen atoms in total. The Morgan fingerprint density at radius 1 is 1.53 bits per heavy atom. The van der Waals surface area contributed by atoms with E-state index in [-0.39, 0.29) is 22.2 Å². The molecule has 1 heterocycles. The fraction of sp³-hybridized carbons (Fsp3) is 0.167. The molecule has 0 saturated carbocycles. The Morgan fingerprint density at radius 3 is 3.00 bits per heavy atom. The number of nitrogens with zero attached hydrogens (tertiary/aromatic N) is 2. The van der Waals surface area contributed by atoms with Gasteiger partial charge in [0.1, 0.15) is 5.82 Å². The van der Waals surface area contributed by atoms with Gasteiger partial charge in [0.25, 0.3) is 0 Å². The highest BCUT2D eigenvalue weighted by molar-refractivity contribution is 6.34. The Morgan fingerprint density at radius 2 is 2.29 bits per heavy atom. The van der Waals surface area contributed by atoms with E-state index in [1.807, 2.05) is 6.92 Å². The molecule has 2 aromatic rings. The second-order valence-corrected chi connectivity index (χ2v) is 3.85. The SMILES string of the molecule is CCn1ccnc1C(=O)c1cccc(F)c1Cl. The molecule has 0 fully saturated rings. The lowest BCUT2D eigenvalue weighted by Crippen LogP contribution is -2.11. The molecule has 0 radical (unpaired) electrons. The summed E-state index contributed by atoms with van der Waals surface area (Å²) in [5.41, 5.74) is 0.132. The molecule has 0 aliphatic rings. The Bertz CT molecular complexity index is 565. The van der Waals surface area contributed by atoms with Crippen molar-refractivity contribution in [2.45, 2.75) is 13.5 Å². The van der Waals surface area contributed by atoms with Crippen molar-refractivity contribution < 1.29 is 9.18 Å². The lowest BCUT2D eigenvalue weighted by Gasteiger charge is -2.05. The summed E-state index contributed by atoms with van der Waals surface area (Å²) in [6, 6.07) is 4.15. The van der Waals surface area contributed by atoms with Gasteiger partial charge in [-0.2, -0.15) is 0 Å². The van der Waals surface area contributed by atoms with Gasteiger partial charge in [-0.15, -0.1) is 0 Å². The van der Waals surface area contributed by atoms with Crippen LogP contribution < -0.4 is 0 Å². The zero-order chi connectivity index (χ0) is 12.4. The molecular weight excluding hydrogens is 243 g/mol. The molecule has 0 amide bonds. The fourth-order valence-electron chi connectivity index (χ4n) is 1.57. The minimum Gasteiger partial charge on any atom is -0.328 e. The highest BCUT2D eigenvalue weighted by Gasteiger charge is 2.19. The van der Waals surface area contributed by atoms with Crippen LogP contribution >= 0.6 is 11.6 Å². The number of imidazole rings is 1. The van der Waals surface area contributed by atoms with E-state index >= 15 is 0 Å². The van der Waals surface area contributed by atoms with E-state index in [4.69, 9.17) is 11.6 Å². The molecule has 5 heteroatoms. The smallest absolute Gasteiger partial charge is 0.230 e. The Kier molecular flexibility index (Phi) is 3.24. The summed E-state index contributed by atoms with van der Waals surface area (Å²) in [6.45, 7) is 2.51. The van der Waals surface area contributed by atoms with Crippen molar-refractivity contribution in [3.05, 3.63) is 52.8 Å². The number of benzene rings is 1. The number of hydrogen-bond donors (Lipinski definition) is 0. The minimum absolute atomic E-state index is 0.132. The summed E-state index contributed by atoms with van der Waals surface area (Å²) in [4.78, 5) is 16.1. The van der Waals surface area contributed by atoms with Gasteiger partial charge >= 0.3 is 0 Å². The Labute approximate surface area is 103 Å². The molecular formula is C12H10ClFN2O. The van der Waals surface area contributed by atoms with E-state index in [9.17, 15) is 9.18 Å². The second kappa shape index (κ2) is 4.67. The normalized spacial score (nSPS) is 10.5. The van der Waals surface area contributed by atoms with Crippen molar-refractivity contribution in [3.63, 3.8) is 0 Å². The van der Waals surface area contributed by atoms with Crippen molar-refractivity contribution in [1.82, 2.24) is 9.55 Å². The molecule has 0 N–H and O–H groups in total. The van der Waals surface area contributed by atoms with E-state index < -0.39 is 5.82 Å². The first-order valence-electron chi connectivity index (χ1n) is 5.15. The molecule has 0 bridgehead atoms. The molecule has 0 spiro atoms. The van der Waals surface area contributed by atoms with Crippen LogP contribution in [0.3, 0.4) is 0 Å². The van der Waals surface area contributed by atoms with Gasteiger partial charge in [-0.25, -0.2) is 9.37 Å². The van der Waals surface area contributed by atoms with Crippen LogP contribution in [-0.4, -0.2) is 15.3 Å². The molecule has 0 unspecified atom stereocenters. The number of aryl methyl sites for hydroxylation is 1. The number of carbonyl (C=O) groups is 1. The fourth-order valence-corrected chi connectivity index (χ4v) is 1.78. The first-order chi connectivity index (χ1) is 8.15. The second-order valence-electron chi connectivity index (χ2n) is 3.47. The molecule has 1 aromatic carbocycles. The van der Waals surface area contributed by atoms with Crippen LogP contribution in [0.2, 0.25) is 5.02 Å². The lowest BCUT2D eigenvalue weighted by molar-refractivity contribution is 0.102. The molecule has 88 valence electrons. The Balaban J connectivity index is 2.48. The van der Waals surface area contributed by atoms with Crippen LogP contribution in [0.4, 0.5) is 4.39 Å². The average molecular weight is 253 g/mol. The summed E-state index contributed by atoms with van der Waals surface area (Å²) in [5, 5.41) is -0.164. The van der Waals surface area contributed by atoms with E-state index in [0.717, 1.165) is 0 Å². The van der Waals surface area contributed by atoms with E-state index in [0.29, 0.717) is 6.54 Å². The number of carbonyl (C=O) groups excluding carboxylic acids is 1. The van der Waals surface area contributed by atoms with Crippen LogP contribution in [-0.2, 0) is 6.54 Å². The number of halogens is 2. The molecule has 0 atom stereocenters. The third-order valence-electron chi connectivity index (χ3n) is 2.46. The van der Waals surface area contributed by atoms with Crippen molar-refractivity contribution in [2.24, 2.45) is 0 Å². The average Bonchev–Trinajstić information content (AvgIpc) is 2.80. The van der Waals surface area contributed by atoms with Crippen molar-refractivity contribution in [2.75, 3.05) is 0 Å². The number of rotatable bonds is 3. The third kappa shape index (κ3) is 2.08. The lowest BCUT2D eigenvalue weighted by atomic mass is 10.1. The predicted octanol–water partition coefficient (Wildman–Crippen LogP) is 2.93. The van der Waals surface area contributed by atoms with Gasteiger partial charge in [-0.3, -0.25) is 4.79 Å². The van der Waals surface area contributed by atoms with Gasteiger partial charge in [0.15, 0.2) is 5.82 Å². The molecule has 2 rings (SSSR count). The first kappa shape index (κ1) is 11.8. The summed E-state index contributed by atoms with van der Waals surface area (Å²) in [7, 11) is 0. The highest BCUT2D eigenvalue weighted by atomic mass is 35.5. The van der Waals surface area contributed by atoms with Gasteiger partial charge in [0, 0.05) is 24.5 Å². The molecule has 1 aromatic heterocycles. The van der Waals surface area contributed by atoms with E-state index in [1.54, 1.807) is 10.8 Å². The maximum absolute atomic E-state index is 13.3. The van der Waals surface area contributed by atoms with E-state index in [1.165, 1.54) is 24.4 Å². The van der Waals surface area contributed by atoms with Crippen LogP contribution in [0, 0.1) is 5.82 Å². The maximum atomic E-state index is 13.3. The Hall–Kier alpha value is -1.68. The van der Waals surface area contributed by atoms with Crippen molar-refractivity contribution in [1.29, 1.82) is 0 Å². The largest absolute Gasteiger partial charge is 0.328 e. The zero-order valence-electron chi connectivity index (χ0n) is 9.15. The minimum atomic E-state index is -0.605. The molecule has 0 aliphatic heterocycles. The van der Waals surface area contributed by atoms with Gasteiger partial charge < -0.3 is 4.57 Å². The van der Waals surface area contributed by atoms with Gasteiger partial charge in [0.05, 0.1) is 5.02 Å². The summed E-state index contributed by atoms with van der Waals surface area (Å²) >= 11 is 5.77. The highest BCUT2D eigenvalue weighted by Crippen LogP contribution is 2.22. The molecule has 0 saturated heterocycles. The monoisotopic (exact) mass is 252 g/mol. The number of ketones is 1.